The number of hydrogen-bond donors (Lipinski definition) is 2. The van der Waals surface area contributed by atoms with Gasteiger partial charge in [-0.15, -0.1) is 0 Å². The van der Waals surface area contributed by atoms with Crippen LogP contribution in [0.4, 0.5) is 11.4 Å². The predicted octanol–water partition coefficient (Wildman–Crippen LogP) is 1.19. The molecule has 1 aromatic carbocycles. The Hall–Kier alpha value is -1.63. The number of rotatable bonds is 10. The van der Waals surface area contributed by atoms with Crippen molar-refractivity contribution in [2.24, 2.45) is 0 Å². The molecule has 0 heterocycles. The molecule has 0 unspecified atom stereocenters. The van der Waals surface area contributed by atoms with Gasteiger partial charge in [-0.2, -0.15) is 0 Å². The molecule has 0 spiro atoms. The molecule has 1 amide bonds. The van der Waals surface area contributed by atoms with Gasteiger partial charge in [0.1, 0.15) is 0 Å². The Morgan fingerprint density at radius 1 is 1.24 bits per heavy atom. The number of carbonyl (C=O) groups excluding carboxylic acids is 1. The molecule has 0 saturated carbocycles. The van der Waals surface area contributed by atoms with E-state index in [0.29, 0.717) is 37.7 Å². The summed E-state index contributed by atoms with van der Waals surface area (Å²) in [6.45, 7) is 3.10. The highest BCUT2D eigenvalue weighted by molar-refractivity contribution is 5.92. The molecule has 0 atom stereocenters. The molecule has 0 fully saturated rings. The number of nitrogen functional groups attached to an aromatic ring is 1. The standard InChI is InChI=1S/C15H25N3O3/c1-20-9-4-7-18(8-10-21-2)12-15(19)17-14-6-3-5-13(16)11-14/h3,5-6,11H,4,7-10,12,16H2,1-2H3,(H,17,19). The van der Waals surface area contributed by atoms with E-state index in [1.54, 1.807) is 26.4 Å². The van der Waals surface area contributed by atoms with E-state index in [-0.39, 0.29) is 5.91 Å². The summed E-state index contributed by atoms with van der Waals surface area (Å²) in [4.78, 5) is 14.1. The van der Waals surface area contributed by atoms with Crippen molar-refractivity contribution in [2.45, 2.75) is 6.42 Å². The highest BCUT2D eigenvalue weighted by atomic mass is 16.5. The number of nitrogens with zero attached hydrogens (tertiary/aromatic N) is 1. The quantitative estimate of drug-likeness (QED) is 0.501. The van der Waals surface area contributed by atoms with Crippen LogP contribution in [-0.4, -0.2) is 57.9 Å². The minimum Gasteiger partial charge on any atom is -0.399 e. The van der Waals surface area contributed by atoms with Gasteiger partial charge in [0.25, 0.3) is 0 Å². The van der Waals surface area contributed by atoms with Gasteiger partial charge in [0, 0.05) is 45.3 Å². The Morgan fingerprint density at radius 3 is 2.67 bits per heavy atom. The molecule has 3 N–H and O–H groups in total. The molecule has 0 aliphatic rings. The maximum atomic E-state index is 12.1. The van der Waals surface area contributed by atoms with Gasteiger partial charge in [-0.25, -0.2) is 0 Å². The van der Waals surface area contributed by atoms with Crippen molar-refractivity contribution in [3.05, 3.63) is 24.3 Å². The van der Waals surface area contributed by atoms with Crippen LogP contribution in [0, 0.1) is 0 Å². The number of nitrogens with two attached hydrogens (primary N) is 1. The Bertz CT molecular complexity index is 426. The fraction of sp³-hybridized carbons (Fsp3) is 0.533. The summed E-state index contributed by atoms with van der Waals surface area (Å²) in [5.74, 6) is -0.0610. The predicted molar refractivity (Wildman–Crippen MR) is 84.3 cm³/mol. The normalized spacial score (nSPS) is 10.8. The van der Waals surface area contributed by atoms with Crippen LogP contribution in [0.1, 0.15) is 6.42 Å². The van der Waals surface area contributed by atoms with Crippen molar-refractivity contribution in [3.63, 3.8) is 0 Å². The third kappa shape index (κ3) is 7.65. The number of carbonyl (C=O) groups is 1. The van der Waals surface area contributed by atoms with Crippen LogP contribution in [0.5, 0.6) is 0 Å². The van der Waals surface area contributed by atoms with Crippen LogP contribution in [0.15, 0.2) is 24.3 Å². The average molecular weight is 295 g/mol. The molecular formula is C15H25N3O3. The summed E-state index contributed by atoms with van der Waals surface area (Å²) in [6.07, 6.45) is 0.881. The van der Waals surface area contributed by atoms with E-state index in [0.717, 1.165) is 13.0 Å². The Kier molecular flexibility index (Phi) is 8.42. The van der Waals surface area contributed by atoms with E-state index >= 15 is 0 Å². The van der Waals surface area contributed by atoms with Crippen LogP contribution in [0.3, 0.4) is 0 Å². The zero-order chi connectivity index (χ0) is 15.5. The van der Waals surface area contributed by atoms with E-state index in [1.165, 1.54) is 0 Å². The van der Waals surface area contributed by atoms with E-state index in [1.807, 2.05) is 17.0 Å². The zero-order valence-electron chi connectivity index (χ0n) is 12.8. The van der Waals surface area contributed by atoms with Crippen LogP contribution < -0.4 is 11.1 Å². The SMILES string of the molecule is COCCCN(CCOC)CC(=O)Nc1cccc(N)c1. The van der Waals surface area contributed by atoms with Gasteiger partial charge in [0.05, 0.1) is 13.2 Å². The van der Waals surface area contributed by atoms with Gasteiger partial charge >= 0.3 is 0 Å². The minimum absolute atomic E-state index is 0.0610. The van der Waals surface area contributed by atoms with E-state index in [4.69, 9.17) is 15.2 Å². The molecule has 0 bridgehead atoms. The van der Waals surface area contributed by atoms with E-state index < -0.39 is 0 Å². The molecule has 0 aromatic heterocycles. The van der Waals surface area contributed by atoms with Crippen molar-refractivity contribution in [2.75, 3.05) is 58.1 Å². The Morgan fingerprint density at radius 2 is 2.00 bits per heavy atom. The van der Waals surface area contributed by atoms with Crippen LogP contribution in [0.2, 0.25) is 0 Å². The number of anilines is 2. The lowest BCUT2D eigenvalue weighted by molar-refractivity contribution is -0.117. The van der Waals surface area contributed by atoms with Crippen LogP contribution in [-0.2, 0) is 14.3 Å². The second kappa shape index (κ2) is 10.1. The van der Waals surface area contributed by atoms with Crippen molar-refractivity contribution in [1.82, 2.24) is 4.90 Å². The third-order valence-electron chi connectivity index (χ3n) is 2.97. The molecule has 21 heavy (non-hydrogen) atoms. The fourth-order valence-electron chi connectivity index (χ4n) is 1.94. The fourth-order valence-corrected chi connectivity index (χ4v) is 1.94. The van der Waals surface area contributed by atoms with Gasteiger partial charge in [0.2, 0.25) is 5.91 Å². The molecule has 6 heteroatoms. The van der Waals surface area contributed by atoms with Gasteiger partial charge in [0.15, 0.2) is 0 Å². The van der Waals surface area contributed by atoms with Gasteiger partial charge < -0.3 is 20.5 Å². The highest BCUT2D eigenvalue weighted by Crippen LogP contribution is 2.11. The van der Waals surface area contributed by atoms with Crippen molar-refractivity contribution >= 4 is 17.3 Å². The molecule has 118 valence electrons. The lowest BCUT2D eigenvalue weighted by Crippen LogP contribution is -2.36. The van der Waals surface area contributed by atoms with E-state index in [2.05, 4.69) is 5.32 Å². The first-order chi connectivity index (χ1) is 10.2. The number of amides is 1. The summed E-state index contributed by atoms with van der Waals surface area (Å²) in [7, 11) is 3.33. The summed E-state index contributed by atoms with van der Waals surface area (Å²) >= 11 is 0. The monoisotopic (exact) mass is 295 g/mol. The minimum atomic E-state index is -0.0610. The van der Waals surface area contributed by atoms with Gasteiger partial charge in [-0.05, 0) is 24.6 Å². The first kappa shape index (κ1) is 17.4. The molecule has 1 aromatic rings. The van der Waals surface area contributed by atoms with Gasteiger partial charge in [-0.1, -0.05) is 6.07 Å². The third-order valence-corrected chi connectivity index (χ3v) is 2.97. The highest BCUT2D eigenvalue weighted by Gasteiger charge is 2.10. The maximum Gasteiger partial charge on any atom is 0.238 e. The molecule has 0 aliphatic heterocycles. The smallest absolute Gasteiger partial charge is 0.238 e. The summed E-state index contributed by atoms with van der Waals surface area (Å²) in [5, 5.41) is 2.85. The number of benzene rings is 1. The zero-order valence-corrected chi connectivity index (χ0v) is 12.8. The molecular weight excluding hydrogens is 270 g/mol. The Labute approximate surface area is 126 Å². The van der Waals surface area contributed by atoms with E-state index in [9.17, 15) is 4.79 Å². The maximum absolute atomic E-state index is 12.1. The van der Waals surface area contributed by atoms with Crippen LogP contribution in [0.25, 0.3) is 0 Å². The number of ether oxygens (including phenoxy) is 2. The van der Waals surface area contributed by atoms with Crippen molar-refractivity contribution < 1.29 is 14.3 Å². The Balaban J connectivity index is 2.45. The van der Waals surface area contributed by atoms with Crippen molar-refractivity contribution in [3.8, 4) is 0 Å². The summed E-state index contributed by atoms with van der Waals surface area (Å²) < 4.78 is 10.1. The average Bonchev–Trinajstić information content (AvgIpc) is 2.44. The first-order valence-electron chi connectivity index (χ1n) is 7.01. The largest absolute Gasteiger partial charge is 0.399 e. The molecule has 0 radical (unpaired) electrons. The van der Waals surface area contributed by atoms with Gasteiger partial charge in [-0.3, -0.25) is 9.69 Å². The van der Waals surface area contributed by atoms with Crippen molar-refractivity contribution in [1.29, 1.82) is 0 Å². The molecule has 1 rings (SSSR count). The lowest BCUT2D eigenvalue weighted by atomic mass is 10.3. The first-order valence-corrected chi connectivity index (χ1v) is 7.01. The number of methoxy groups -OCH3 is 2. The van der Waals surface area contributed by atoms with Crippen LogP contribution >= 0.6 is 0 Å². The number of hydrogen-bond acceptors (Lipinski definition) is 5. The summed E-state index contributed by atoms with van der Waals surface area (Å²) in [5.41, 5.74) is 7.03. The molecule has 0 aliphatic carbocycles. The second-order valence-corrected chi connectivity index (χ2v) is 4.79. The molecule has 0 saturated heterocycles. The molecule has 6 nitrogen and oxygen atoms in total. The summed E-state index contributed by atoms with van der Waals surface area (Å²) in [6, 6.07) is 7.15. The number of nitrogens with one attached hydrogen (secondary N) is 1. The topological polar surface area (TPSA) is 76.8 Å². The second-order valence-electron chi connectivity index (χ2n) is 4.79. The lowest BCUT2D eigenvalue weighted by Gasteiger charge is -2.21.